The van der Waals surface area contributed by atoms with Crippen LogP contribution in [0.15, 0.2) is 18.2 Å². The van der Waals surface area contributed by atoms with Crippen LogP contribution in [0.25, 0.3) is 0 Å². The molecule has 1 unspecified atom stereocenters. The first kappa shape index (κ1) is 24.5. The molecule has 1 aromatic carbocycles. The smallest absolute Gasteiger partial charge is 0.329 e. The number of carbonyl (C=O) groups is 3. The van der Waals surface area contributed by atoms with E-state index in [2.05, 4.69) is 11.4 Å². The highest BCUT2D eigenvalue weighted by Gasteiger charge is 2.51. The van der Waals surface area contributed by atoms with Gasteiger partial charge in [0.1, 0.15) is 23.4 Å². The first-order valence-electron chi connectivity index (χ1n) is 11.3. The fraction of sp³-hybridized carbons (Fsp3) is 0.583. The van der Waals surface area contributed by atoms with Crippen molar-refractivity contribution in [3.63, 3.8) is 0 Å². The van der Waals surface area contributed by atoms with Crippen molar-refractivity contribution >= 4 is 17.8 Å². The molecular weight excluding hydrogens is 424 g/mol. The summed E-state index contributed by atoms with van der Waals surface area (Å²) in [6.45, 7) is 7.76. The minimum absolute atomic E-state index is 0.0396. The molecule has 0 saturated carbocycles. The molecule has 0 bridgehead atoms. The van der Waals surface area contributed by atoms with Gasteiger partial charge in [-0.05, 0) is 50.8 Å². The number of nitrogens with zero attached hydrogens (tertiary/aromatic N) is 2. The average Bonchev–Trinajstić information content (AvgIpc) is 3.18. The van der Waals surface area contributed by atoms with Crippen LogP contribution in [0.1, 0.15) is 64.1 Å². The molecule has 0 radical (unpaired) electrons. The lowest BCUT2D eigenvalue weighted by molar-refractivity contribution is -0.176. The van der Waals surface area contributed by atoms with E-state index in [4.69, 9.17) is 15.2 Å². The Bertz CT molecular complexity index is 968. The Morgan fingerprint density at radius 2 is 2.12 bits per heavy atom. The summed E-state index contributed by atoms with van der Waals surface area (Å²) in [5.74, 6) is -0.435. The summed E-state index contributed by atoms with van der Waals surface area (Å²) in [7, 11) is 0. The predicted molar refractivity (Wildman–Crippen MR) is 120 cm³/mol. The van der Waals surface area contributed by atoms with E-state index >= 15 is 0 Å². The van der Waals surface area contributed by atoms with Crippen LogP contribution < -0.4 is 15.8 Å². The fourth-order valence-electron chi connectivity index (χ4n) is 4.47. The van der Waals surface area contributed by atoms with Crippen molar-refractivity contribution in [3.05, 3.63) is 29.3 Å². The summed E-state index contributed by atoms with van der Waals surface area (Å²) in [6, 6.07) is 5.69. The number of nitriles is 1. The molecule has 1 saturated heterocycles. The van der Waals surface area contributed by atoms with Gasteiger partial charge >= 0.3 is 5.97 Å². The summed E-state index contributed by atoms with van der Waals surface area (Å²) < 4.78 is 12.2. The lowest BCUT2D eigenvalue weighted by Crippen LogP contribution is -2.57. The third-order valence-corrected chi connectivity index (χ3v) is 6.00. The second-order valence-corrected chi connectivity index (χ2v) is 9.52. The highest BCUT2D eigenvalue weighted by atomic mass is 16.6. The van der Waals surface area contributed by atoms with E-state index in [9.17, 15) is 19.6 Å². The van der Waals surface area contributed by atoms with E-state index in [0.717, 1.165) is 0 Å². The molecule has 1 aromatic rings. The minimum atomic E-state index is -0.968. The van der Waals surface area contributed by atoms with Crippen LogP contribution in [0.2, 0.25) is 0 Å². The van der Waals surface area contributed by atoms with E-state index < -0.39 is 35.7 Å². The summed E-state index contributed by atoms with van der Waals surface area (Å²) in [6.07, 6.45) is 0.639. The molecule has 0 aromatic heterocycles. The second-order valence-electron chi connectivity index (χ2n) is 9.52. The quantitative estimate of drug-likeness (QED) is 0.597. The number of ether oxygens (including phenoxy) is 2. The number of hydrogen-bond donors (Lipinski definition) is 2. The van der Waals surface area contributed by atoms with E-state index in [1.807, 2.05) is 13.8 Å². The standard InChI is InChI=1S/C24H32N4O5/c1-14(2)10-17(27-19(29)13-26)23(31)32-22-21(28-9-5-6-20(28)30)16-11-15(12-25)7-8-18(16)33-24(22,3)4/h7-8,11,14,17,21-22H,5-6,9-10,13,26H2,1-4H3,(H,27,29)/t17?,21-,22+/m1/s1. The van der Waals surface area contributed by atoms with E-state index in [1.165, 1.54) is 0 Å². The maximum Gasteiger partial charge on any atom is 0.329 e. The Labute approximate surface area is 194 Å². The van der Waals surface area contributed by atoms with Crippen LogP contribution in [0.4, 0.5) is 0 Å². The number of esters is 1. The SMILES string of the molecule is CC(C)CC(NC(=O)CN)C(=O)O[C@H]1[C@H](N2CCCC2=O)c2cc(C#N)ccc2OC1(C)C. The maximum atomic E-state index is 13.3. The first-order valence-corrected chi connectivity index (χ1v) is 11.3. The van der Waals surface area contributed by atoms with Crippen molar-refractivity contribution in [2.45, 2.75) is 70.7 Å². The second kappa shape index (κ2) is 9.79. The third kappa shape index (κ3) is 5.28. The zero-order valence-electron chi connectivity index (χ0n) is 19.6. The minimum Gasteiger partial charge on any atom is -0.484 e. The Balaban J connectivity index is 2.01. The zero-order valence-corrected chi connectivity index (χ0v) is 19.6. The van der Waals surface area contributed by atoms with Crippen LogP contribution in [-0.4, -0.2) is 53.5 Å². The molecule has 178 valence electrons. The lowest BCUT2D eigenvalue weighted by atomic mass is 9.84. The molecule has 0 aliphatic carbocycles. The number of fused-ring (bicyclic) bond motifs is 1. The van der Waals surface area contributed by atoms with Crippen molar-refractivity contribution in [3.8, 4) is 11.8 Å². The van der Waals surface area contributed by atoms with Crippen molar-refractivity contribution in [1.82, 2.24) is 10.2 Å². The van der Waals surface area contributed by atoms with Crippen molar-refractivity contribution in [2.75, 3.05) is 13.1 Å². The number of rotatable bonds is 7. The molecule has 0 spiro atoms. The molecule has 9 nitrogen and oxygen atoms in total. The van der Waals surface area contributed by atoms with Crippen molar-refractivity contribution < 1.29 is 23.9 Å². The summed E-state index contributed by atoms with van der Waals surface area (Å²) in [5.41, 5.74) is 5.51. The molecule has 2 aliphatic heterocycles. The first-order chi connectivity index (χ1) is 15.6. The summed E-state index contributed by atoms with van der Waals surface area (Å²) in [4.78, 5) is 39.7. The molecule has 3 rings (SSSR count). The zero-order chi connectivity index (χ0) is 24.3. The fourth-order valence-corrected chi connectivity index (χ4v) is 4.47. The normalized spacial score (nSPS) is 22.2. The molecule has 33 heavy (non-hydrogen) atoms. The summed E-state index contributed by atoms with van der Waals surface area (Å²) >= 11 is 0. The van der Waals surface area contributed by atoms with Gasteiger partial charge < -0.3 is 25.4 Å². The van der Waals surface area contributed by atoms with Gasteiger partial charge in [0.2, 0.25) is 11.8 Å². The number of amides is 2. The average molecular weight is 457 g/mol. The van der Waals surface area contributed by atoms with Gasteiger partial charge in [0.15, 0.2) is 6.10 Å². The van der Waals surface area contributed by atoms with E-state index in [1.54, 1.807) is 36.9 Å². The van der Waals surface area contributed by atoms with Crippen molar-refractivity contribution in [1.29, 1.82) is 5.26 Å². The number of carbonyl (C=O) groups excluding carboxylic acids is 3. The van der Waals surface area contributed by atoms with Crippen LogP contribution in [0.5, 0.6) is 5.75 Å². The number of nitrogens with one attached hydrogen (secondary N) is 1. The highest BCUT2D eigenvalue weighted by molar-refractivity contribution is 5.85. The van der Waals surface area contributed by atoms with Crippen LogP contribution >= 0.6 is 0 Å². The predicted octanol–water partition coefficient (Wildman–Crippen LogP) is 1.79. The maximum absolute atomic E-state index is 13.3. The molecule has 3 atom stereocenters. The number of benzene rings is 1. The topological polar surface area (TPSA) is 135 Å². The molecule has 9 heteroatoms. The van der Waals surface area contributed by atoms with Crippen LogP contribution in [0.3, 0.4) is 0 Å². The van der Waals surface area contributed by atoms with Crippen LogP contribution in [-0.2, 0) is 19.1 Å². The number of nitrogens with two attached hydrogens (primary N) is 1. The van der Waals surface area contributed by atoms with Gasteiger partial charge in [-0.25, -0.2) is 4.79 Å². The van der Waals surface area contributed by atoms with Gasteiger partial charge in [-0.2, -0.15) is 5.26 Å². The number of hydrogen-bond acceptors (Lipinski definition) is 7. The largest absolute Gasteiger partial charge is 0.484 e. The molecular formula is C24H32N4O5. The van der Waals surface area contributed by atoms with Gasteiger partial charge in [0, 0.05) is 18.5 Å². The molecule has 1 fully saturated rings. The lowest BCUT2D eigenvalue weighted by Gasteiger charge is -2.47. The van der Waals surface area contributed by atoms with Gasteiger partial charge in [0.25, 0.3) is 0 Å². The Morgan fingerprint density at radius 1 is 1.39 bits per heavy atom. The Morgan fingerprint density at radius 3 is 2.70 bits per heavy atom. The Kier molecular flexibility index (Phi) is 7.28. The molecule has 2 amide bonds. The van der Waals surface area contributed by atoms with Gasteiger partial charge in [-0.1, -0.05) is 13.8 Å². The molecule has 2 heterocycles. The van der Waals surface area contributed by atoms with Crippen LogP contribution in [0, 0.1) is 17.2 Å². The molecule has 2 aliphatic rings. The van der Waals surface area contributed by atoms with E-state index in [0.29, 0.717) is 42.7 Å². The van der Waals surface area contributed by atoms with Gasteiger partial charge in [-0.3, -0.25) is 9.59 Å². The van der Waals surface area contributed by atoms with Gasteiger partial charge in [0.05, 0.1) is 18.2 Å². The monoisotopic (exact) mass is 456 g/mol. The van der Waals surface area contributed by atoms with E-state index in [-0.39, 0.29) is 18.4 Å². The Hall–Kier alpha value is -3.12. The van der Waals surface area contributed by atoms with Gasteiger partial charge in [-0.15, -0.1) is 0 Å². The summed E-state index contributed by atoms with van der Waals surface area (Å²) in [5, 5.41) is 12.1. The third-order valence-electron chi connectivity index (χ3n) is 6.00. The molecule has 3 N–H and O–H groups in total. The highest BCUT2D eigenvalue weighted by Crippen LogP contribution is 2.46. The van der Waals surface area contributed by atoms with Crippen molar-refractivity contribution in [2.24, 2.45) is 11.7 Å². The number of likely N-dealkylation sites (tertiary alicyclic amines) is 1.